The van der Waals surface area contributed by atoms with Gasteiger partial charge in [0, 0.05) is 23.1 Å². The van der Waals surface area contributed by atoms with E-state index in [-0.39, 0.29) is 12.2 Å². The number of carbonyl (C=O) groups is 1. The van der Waals surface area contributed by atoms with E-state index in [4.69, 9.17) is 9.72 Å². The Kier molecular flexibility index (Phi) is 5.72. The lowest BCUT2D eigenvalue weighted by molar-refractivity contribution is -0.156. The molecule has 0 radical (unpaired) electrons. The van der Waals surface area contributed by atoms with Gasteiger partial charge in [-0.05, 0) is 48.9 Å². The number of nitrogens with zero attached hydrogens (tertiary/aromatic N) is 1. The van der Waals surface area contributed by atoms with Crippen molar-refractivity contribution in [2.75, 3.05) is 0 Å². The Morgan fingerprint density at radius 1 is 1.10 bits per heavy atom. The average molecular weight is 403 g/mol. The van der Waals surface area contributed by atoms with Crippen LogP contribution in [0.1, 0.15) is 24.0 Å². The van der Waals surface area contributed by atoms with Crippen LogP contribution < -0.4 is 0 Å². The number of benzene rings is 2. The van der Waals surface area contributed by atoms with E-state index in [1.807, 2.05) is 49.4 Å². The first-order valence-corrected chi connectivity index (χ1v) is 9.88. The smallest absolute Gasteiger partial charge is 0.309 e. The Bertz CT molecular complexity index is 1080. The summed E-state index contributed by atoms with van der Waals surface area (Å²) in [6, 6.07) is 18.1. The number of pyridine rings is 1. The number of aliphatic hydroxyl groups is 1. The number of aryl methyl sites for hydroxylation is 1. The molecular weight excluding hydrogens is 381 g/mol. The van der Waals surface area contributed by atoms with Gasteiger partial charge in [0.15, 0.2) is 0 Å². The molecule has 0 bridgehead atoms. The zero-order valence-electron chi connectivity index (χ0n) is 16.6. The molecular formula is C25H22FNO3. The van der Waals surface area contributed by atoms with Crippen LogP contribution in [0.4, 0.5) is 4.39 Å². The van der Waals surface area contributed by atoms with Gasteiger partial charge in [0.1, 0.15) is 11.9 Å². The Balaban J connectivity index is 1.77. The molecule has 4 rings (SSSR count). The van der Waals surface area contributed by atoms with Crippen LogP contribution in [0, 0.1) is 12.7 Å². The van der Waals surface area contributed by atoms with Gasteiger partial charge in [0.25, 0.3) is 0 Å². The summed E-state index contributed by atoms with van der Waals surface area (Å²) < 4.78 is 18.8. The number of carbonyl (C=O) groups excluding carboxylic acids is 1. The normalized spacial score (nSPS) is 19.1. The SMILES string of the molecule is Cc1cc(-c2ccccc2)nc(-c2ccc(F)cc2)c1C=C[C@@H]1C[C@@H](O)CC(=O)O1. The van der Waals surface area contributed by atoms with Crippen molar-refractivity contribution in [2.24, 2.45) is 0 Å². The first-order valence-electron chi connectivity index (χ1n) is 9.88. The van der Waals surface area contributed by atoms with Crippen molar-refractivity contribution in [1.82, 2.24) is 4.98 Å². The van der Waals surface area contributed by atoms with Gasteiger partial charge in [0.05, 0.1) is 23.9 Å². The number of cyclic esters (lactones) is 1. The van der Waals surface area contributed by atoms with Gasteiger partial charge >= 0.3 is 5.97 Å². The fourth-order valence-electron chi connectivity index (χ4n) is 3.61. The lowest BCUT2D eigenvalue weighted by Gasteiger charge is -2.23. The minimum absolute atomic E-state index is 0.0253. The standard InChI is InChI=1S/C25H22FNO3/c1-16-13-23(17-5-3-2-4-6-17)27-25(18-7-9-19(26)10-8-18)22(16)12-11-21-14-20(28)15-24(29)30-21/h2-13,20-21,28H,14-15H2,1H3/t20-,21-/m1/s1. The Labute approximate surface area is 174 Å². The molecule has 5 heteroatoms. The first kappa shape index (κ1) is 20.0. The van der Waals surface area contributed by atoms with Crippen molar-refractivity contribution in [1.29, 1.82) is 0 Å². The number of halogens is 1. The highest BCUT2D eigenvalue weighted by molar-refractivity contribution is 5.78. The number of ether oxygens (including phenoxy) is 1. The van der Waals surface area contributed by atoms with Crippen molar-refractivity contribution in [3.8, 4) is 22.5 Å². The summed E-state index contributed by atoms with van der Waals surface area (Å²) >= 11 is 0. The molecule has 152 valence electrons. The van der Waals surface area contributed by atoms with Crippen molar-refractivity contribution in [2.45, 2.75) is 32.0 Å². The minimum atomic E-state index is -0.697. The van der Waals surface area contributed by atoms with Crippen LogP contribution in [0.3, 0.4) is 0 Å². The Morgan fingerprint density at radius 3 is 2.53 bits per heavy atom. The zero-order valence-corrected chi connectivity index (χ0v) is 16.6. The monoisotopic (exact) mass is 403 g/mol. The molecule has 1 aromatic heterocycles. The van der Waals surface area contributed by atoms with E-state index in [2.05, 4.69) is 0 Å². The van der Waals surface area contributed by atoms with E-state index >= 15 is 0 Å². The van der Waals surface area contributed by atoms with Crippen molar-refractivity contribution < 1.29 is 19.0 Å². The molecule has 0 saturated carbocycles. The number of aromatic nitrogens is 1. The number of aliphatic hydroxyl groups excluding tert-OH is 1. The number of rotatable bonds is 4. The second kappa shape index (κ2) is 8.59. The number of hydrogen-bond acceptors (Lipinski definition) is 4. The lowest BCUT2D eigenvalue weighted by Crippen LogP contribution is -2.31. The molecule has 2 atom stereocenters. The molecule has 0 aliphatic carbocycles. The van der Waals surface area contributed by atoms with E-state index in [0.717, 1.165) is 27.9 Å². The highest BCUT2D eigenvalue weighted by Crippen LogP contribution is 2.31. The summed E-state index contributed by atoms with van der Waals surface area (Å²) in [5.74, 6) is -0.716. The minimum Gasteiger partial charge on any atom is -0.458 e. The molecule has 2 heterocycles. The number of esters is 1. The van der Waals surface area contributed by atoms with E-state index in [1.165, 1.54) is 12.1 Å². The molecule has 4 nitrogen and oxygen atoms in total. The van der Waals surface area contributed by atoms with Crippen LogP contribution in [0.25, 0.3) is 28.6 Å². The molecule has 1 aliphatic rings. The summed E-state index contributed by atoms with van der Waals surface area (Å²) in [5.41, 5.74) is 5.16. The molecule has 0 spiro atoms. The quantitative estimate of drug-likeness (QED) is 0.627. The van der Waals surface area contributed by atoms with Crippen molar-refractivity contribution in [3.63, 3.8) is 0 Å². The second-order valence-electron chi connectivity index (χ2n) is 7.44. The third-order valence-corrected chi connectivity index (χ3v) is 5.12. The second-order valence-corrected chi connectivity index (χ2v) is 7.44. The zero-order chi connectivity index (χ0) is 21.1. The Morgan fingerprint density at radius 2 is 1.83 bits per heavy atom. The fourth-order valence-corrected chi connectivity index (χ4v) is 3.61. The summed E-state index contributed by atoms with van der Waals surface area (Å²) in [5, 5.41) is 9.84. The van der Waals surface area contributed by atoms with E-state index in [9.17, 15) is 14.3 Å². The van der Waals surface area contributed by atoms with Gasteiger partial charge in [-0.3, -0.25) is 4.79 Å². The van der Waals surface area contributed by atoms with Crippen LogP contribution in [-0.4, -0.2) is 28.3 Å². The largest absolute Gasteiger partial charge is 0.458 e. The van der Waals surface area contributed by atoms with Crippen molar-refractivity contribution >= 4 is 12.0 Å². The van der Waals surface area contributed by atoms with Gasteiger partial charge in [-0.15, -0.1) is 0 Å². The maximum Gasteiger partial charge on any atom is 0.309 e. The van der Waals surface area contributed by atoms with Gasteiger partial charge in [-0.1, -0.05) is 36.4 Å². The van der Waals surface area contributed by atoms with Crippen LogP contribution in [0.5, 0.6) is 0 Å². The predicted octanol–water partition coefficient (Wildman–Crippen LogP) is 4.94. The molecule has 1 fully saturated rings. The maximum absolute atomic E-state index is 13.5. The molecule has 2 aromatic carbocycles. The third kappa shape index (κ3) is 4.47. The van der Waals surface area contributed by atoms with Gasteiger partial charge < -0.3 is 9.84 Å². The average Bonchev–Trinajstić information content (AvgIpc) is 2.73. The maximum atomic E-state index is 13.5. The van der Waals surface area contributed by atoms with Gasteiger partial charge in [-0.2, -0.15) is 0 Å². The predicted molar refractivity (Wildman–Crippen MR) is 114 cm³/mol. The topological polar surface area (TPSA) is 59.4 Å². The summed E-state index contributed by atoms with van der Waals surface area (Å²) in [4.78, 5) is 16.5. The van der Waals surface area contributed by atoms with E-state index < -0.39 is 18.2 Å². The van der Waals surface area contributed by atoms with E-state index in [0.29, 0.717) is 12.1 Å². The van der Waals surface area contributed by atoms with Crippen LogP contribution >= 0.6 is 0 Å². The highest BCUT2D eigenvalue weighted by Gasteiger charge is 2.25. The molecule has 3 aromatic rings. The van der Waals surface area contributed by atoms with Crippen molar-refractivity contribution in [3.05, 3.63) is 83.7 Å². The molecule has 0 unspecified atom stereocenters. The van der Waals surface area contributed by atoms with Crippen LogP contribution in [-0.2, 0) is 9.53 Å². The molecule has 1 aliphatic heterocycles. The Hall–Kier alpha value is -3.31. The van der Waals surface area contributed by atoms with E-state index in [1.54, 1.807) is 18.2 Å². The molecule has 1 N–H and O–H groups in total. The summed E-state index contributed by atoms with van der Waals surface area (Å²) in [7, 11) is 0. The van der Waals surface area contributed by atoms with Crippen LogP contribution in [0.15, 0.2) is 66.7 Å². The first-order chi connectivity index (χ1) is 14.5. The third-order valence-electron chi connectivity index (χ3n) is 5.12. The molecule has 30 heavy (non-hydrogen) atoms. The molecule has 0 amide bonds. The number of hydrogen-bond donors (Lipinski definition) is 1. The summed E-state index contributed by atoms with van der Waals surface area (Å²) in [6.07, 6.45) is 2.85. The lowest BCUT2D eigenvalue weighted by atomic mass is 9.97. The highest BCUT2D eigenvalue weighted by atomic mass is 19.1. The van der Waals surface area contributed by atoms with Crippen LogP contribution in [0.2, 0.25) is 0 Å². The molecule has 1 saturated heterocycles. The summed E-state index contributed by atoms with van der Waals surface area (Å²) in [6.45, 7) is 1.99. The van der Waals surface area contributed by atoms with Gasteiger partial charge in [0.2, 0.25) is 0 Å². The fraction of sp³-hybridized carbons (Fsp3) is 0.200. The van der Waals surface area contributed by atoms with Gasteiger partial charge in [-0.25, -0.2) is 9.37 Å².